The molecule has 0 bridgehead atoms. The smallest absolute Gasteiger partial charge is 0.294 e. The van der Waals surface area contributed by atoms with Gasteiger partial charge in [0, 0.05) is 18.7 Å². The molecule has 8 nitrogen and oxygen atoms in total. The Bertz CT molecular complexity index is 385. The molecule has 0 aromatic carbocycles. The summed E-state index contributed by atoms with van der Waals surface area (Å²) >= 11 is 1.10. The van der Waals surface area contributed by atoms with Gasteiger partial charge in [-0.05, 0) is 32.7 Å². The van der Waals surface area contributed by atoms with Crippen LogP contribution in [0.4, 0.5) is 0 Å². The zero-order valence-corrected chi connectivity index (χ0v) is 13.0. The maximum absolute atomic E-state index is 12.1. The quantitative estimate of drug-likeness (QED) is 0.519. The van der Waals surface area contributed by atoms with E-state index in [0.717, 1.165) is 11.8 Å². The minimum atomic E-state index is -0.764. The van der Waals surface area contributed by atoms with Gasteiger partial charge in [0.1, 0.15) is 6.10 Å². The van der Waals surface area contributed by atoms with E-state index >= 15 is 0 Å². The van der Waals surface area contributed by atoms with E-state index in [1.807, 2.05) is 0 Å². The van der Waals surface area contributed by atoms with Gasteiger partial charge < -0.3 is 15.5 Å². The van der Waals surface area contributed by atoms with Crippen molar-refractivity contribution in [2.45, 2.75) is 50.8 Å². The van der Waals surface area contributed by atoms with Gasteiger partial charge in [0.2, 0.25) is 5.91 Å². The van der Waals surface area contributed by atoms with Crippen molar-refractivity contribution in [3.8, 4) is 0 Å². The van der Waals surface area contributed by atoms with Crippen LogP contribution in [-0.2, 0) is 14.4 Å². The van der Waals surface area contributed by atoms with Crippen molar-refractivity contribution >= 4 is 22.8 Å². The van der Waals surface area contributed by atoms with Crippen molar-refractivity contribution in [2.75, 3.05) is 12.8 Å². The van der Waals surface area contributed by atoms with Gasteiger partial charge >= 0.3 is 0 Å². The van der Waals surface area contributed by atoms with Crippen molar-refractivity contribution in [3.05, 3.63) is 10.1 Å². The van der Waals surface area contributed by atoms with Crippen LogP contribution in [-0.4, -0.2) is 47.1 Å². The predicted molar refractivity (Wildman–Crippen MR) is 78.3 cm³/mol. The Morgan fingerprint density at radius 1 is 1.38 bits per heavy atom. The Morgan fingerprint density at radius 3 is 2.48 bits per heavy atom. The lowest BCUT2D eigenvalue weighted by Crippen LogP contribution is -2.49. The van der Waals surface area contributed by atoms with Gasteiger partial charge in [-0.3, -0.25) is 9.59 Å². The number of hydrogen-bond donors (Lipinski definition) is 2. The molecule has 1 amide bonds. The molecule has 9 heteroatoms. The molecule has 0 saturated heterocycles. The second kappa shape index (κ2) is 8.83. The van der Waals surface area contributed by atoms with E-state index in [4.69, 9.17) is 0 Å². The molecule has 1 aliphatic rings. The summed E-state index contributed by atoms with van der Waals surface area (Å²) in [5.74, 6) is 0.238. The number of nitrogens with one attached hydrogen (secondary N) is 2. The van der Waals surface area contributed by atoms with Crippen LogP contribution in [0.2, 0.25) is 0 Å². The fourth-order valence-electron chi connectivity index (χ4n) is 2.23. The lowest BCUT2D eigenvalue weighted by atomic mass is 9.93. The Morgan fingerprint density at radius 2 is 2.00 bits per heavy atom. The molecule has 0 radical (unpaired) electrons. The first-order valence-electron chi connectivity index (χ1n) is 6.84. The van der Waals surface area contributed by atoms with Gasteiger partial charge in [0.05, 0.1) is 6.04 Å². The topological polar surface area (TPSA) is 111 Å². The zero-order valence-electron chi connectivity index (χ0n) is 12.2. The Labute approximate surface area is 127 Å². The maximum atomic E-state index is 12.1. The first-order valence-corrected chi connectivity index (χ1v) is 7.83. The van der Waals surface area contributed by atoms with Gasteiger partial charge in [-0.1, -0.05) is 11.8 Å². The highest BCUT2D eigenvalue weighted by Crippen LogP contribution is 2.21. The highest BCUT2D eigenvalue weighted by Gasteiger charge is 2.26. The summed E-state index contributed by atoms with van der Waals surface area (Å²) in [6.45, 7) is 1.46. The molecule has 1 aliphatic carbocycles. The SMILES string of the molecule is CNC(CSC(C)=O)C(=O)N[C@H]1CC[C@H](O[N+](=O)[O-])CC1. The standard InChI is InChI=1S/C12H21N3O5S/c1-8(16)21-7-11(13-2)12(17)14-9-3-5-10(6-4-9)20-15(18)19/h9-11,13H,3-7H2,1-2H3,(H,14,17)/t9-,10-,11?. The van der Waals surface area contributed by atoms with Gasteiger partial charge in [-0.2, -0.15) is 0 Å². The molecule has 1 fully saturated rings. The number of likely N-dealkylation sites (N-methyl/N-ethyl adjacent to an activating group) is 1. The monoisotopic (exact) mass is 319 g/mol. The number of thioether (sulfide) groups is 1. The molecule has 1 atom stereocenters. The number of amides is 1. The van der Waals surface area contributed by atoms with Crippen LogP contribution < -0.4 is 10.6 Å². The van der Waals surface area contributed by atoms with Gasteiger partial charge in [-0.15, -0.1) is 10.1 Å². The third-order valence-electron chi connectivity index (χ3n) is 3.37. The Hall–Kier alpha value is -1.35. The van der Waals surface area contributed by atoms with Crippen LogP contribution in [0, 0.1) is 10.1 Å². The first kappa shape index (κ1) is 17.7. The molecular formula is C12H21N3O5S. The van der Waals surface area contributed by atoms with E-state index in [2.05, 4.69) is 15.5 Å². The number of nitrogens with zero attached hydrogens (tertiary/aromatic N) is 1. The summed E-state index contributed by atoms with van der Waals surface area (Å²) in [7, 11) is 1.67. The summed E-state index contributed by atoms with van der Waals surface area (Å²) in [4.78, 5) is 37.8. The lowest BCUT2D eigenvalue weighted by molar-refractivity contribution is -0.769. The molecular weight excluding hydrogens is 298 g/mol. The summed E-state index contributed by atoms with van der Waals surface area (Å²) in [5, 5.41) is 15.3. The van der Waals surface area contributed by atoms with E-state index in [1.54, 1.807) is 7.05 Å². The fourth-order valence-corrected chi connectivity index (χ4v) is 2.95. The average Bonchev–Trinajstić information content (AvgIpc) is 2.40. The molecule has 1 saturated carbocycles. The van der Waals surface area contributed by atoms with Crippen molar-refractivity contribution in [2.24, 2.45) is 0 Å². The Kier molecular flexibility index (Phi) is 7.44. The maximum Gasteiger partial charge on any atom is 0.294 e. The number of hydrogen-bond acceptors (Lipinski definition) is 7. The third-order valence-corrected chi connectivity index (χ3v) is 4.28. The van der Waals surface area contributed by atoms with Gasteiger partial charge in [0.15, 0.2) is 5.12 Å². The van der Waals surface area contributed by atoms with E-state index in [-0.39, 0.29) is 23.2 Å². The van der Waals surface area contributed by atoms with Gasteiger partial charge in [-0.25, -0.2) is 0 Å². The normalized spacial score (nSPS) is 23.1. The molecule has 0 aliphatic heterocycles. The molecule has 0 aromatic rings. The van der Waals surface area contributed by atoms with Crippen molar-refractivity contribution in [3.63, 3.8) is 0 Å². The van der Waals surface area contributed by atoms with Crippen molar-refractivity contribution in [1.29, 1.82) is 0 Å². The highest BCUT2D eigenvalue weighted by molar-refractivity contribution is 8.13. The number of carbonyl (C=O) groups excluding carboxylic acids is 2. The summed E-state index contributed by atoms with van der Waals surface area (Å²) in [6, 6.07) is -0.422. The van der Waals surface area contributed by atoms with Crippen LogP contribution in [0.1, 0.15) is 32.6 Å². The van der Waals surface area contributed by atoms with Crippen molar-refractivity contribution in [1.82, 2.24) is 10.6 Å². The van der Waals surface area contributed by atoms with Crippen LogP contribution in [0.5, 0.6) is 0 Å². The minimum Gasteiger partial charge on any atom is -0.352 e. The number of carbonyl (C=O) groups is 2. The van der Waals surface area contributed by atoms with E-state index in [0.29, 0.717) is 31.4 Å². The number of rotatable bonds is 7. The van der Waals surface area contributed by atoms with Crippen LogP contribution >= 0.6 is 11.8 Å². The average molecular weight is 319 g/mol. The van der Waals surface area contributed by atoms with Crippen LogP contribution in [0.3, 0.4) is 0 Å². The van der Waals surface area contributed by atoms with Crippen molar-refractivity contribution < 1.29 is 19.5 Å². The van der Waals surface area contributed by atoms with Crippen LogP contribution in [0.15, 0.2) is 0 Å². The molecule has 1 unspecified atom stereocenters. The minimum absolute atomic E-state index is 0.00211. The molecule has 1 rings (SSSR count). The fraction of sp³-hybridized carbons (Fsp3) is 0.833. The summed E-state index contributed by atoms with van der Waals surface area (Å²) in [6.07, 6.45) is 2.04. The van der Waals surface area contributed by atoms with E-state index < -0.39 is 11.1 Å². The van der Waals surface area contributed by atoms with Gasteiger partial charge in [0.25, 0.3) is 5.09 Å². The summed E-state index contributed by atoms with van der Waals surface area (Å²) < 4.78 is 0. The lowest BCUT2D eigenvalue weighted by Gasteiger charge is -2.29. The second-order valence-corrected chi connectivity index (χ2v) is 6.15. The third kappa shape index (κ3) is 6.76. The Balaban J connectivity index is 2.34. The highest BCUT2D eigenvalue weighted by atomic mass is 32.2. The second-order valence-electron chi connectivity index (χ2n) is 4.96. The predicted octanol–water partition coefficient (Wildman–Crippen LogP) is 0.490. The first-order chi connectivity index (χ1) is 9.92. The summed E-state index contributed by atoms with van der Waals surface area (Å²) in [5.41, 5.74) is 0. The van der Waals surface area contributed by atoms with E-state index in [9.17, 15) is 19.7 Å². The molecule has 2 N–H and O–H groups in total. The molecule has 0 spiro atoms. The van der Waals surface area contributed by atoms with E-state index in [1.165, 1.54) is 6.92 Å². The molecule has 0 aromatic heterocycles. The van der Waals surface area contributed by atoms with Crippen LogP contribution in [0.25, 0.3) is 0 Å². The molecule has 21 heavy (non-hydrogen) atoms. The largest absolute Gasteiger partial charge is 0.352 e. The molecule has 120 valence electrons. The molecule has 0 heterocycles. The zero-order chi connectivity index (χ0) is 15.8.